The van der Waals surface area contributed by atoms with Gasteiger partial charge in [-0.05, 0) is 65.0 Å². The summed E-state index contributed by atoms with van der Waals surface area (Å²) in [4.78, 5) is 0. The molecule has 0 radical (unpaired) electrons. The first-order chi connectivity index (χ1) is 14.4. The monoisotopic (exact) mass is 562 g/mol. The highest BCUT2D eigenvalue weighted by atomic mass is 29.7. The molecular formula is C25H62O2Si6. The van der Waals surface area contributed by atoms with Crippen molar-refractivity contribution in [3.63, 3.8) is 0 Å². The van der Waals surface area contributed by atoms with E-state index in [1.165, 1.54) is 43.4 Å². The third-order valence-corrected chi connectivity index (χ3v) is 91.8. The summed E-state index contributed by atoms with van der Waals surface area (Å²) in [5.41, 5.74) is 0.321. The second-order valence-electron chi connectivity index (χ2n) is 15.4. The van der Waals surface area contributed by atoms with Crippen LogP contribution in [0.15, 0.2) is 0 Å². The zero-order chi connectivity index (χ0) is 26.4. The summed E-state index contributed by atoms with van der Waals surface area (Å²) in [7, 11) is -7.27. The van der Waals surface area contributed by atoms with Gasteiger partial charge in [0.2, 0.25) is 0 Å². The molecule has 0 amide bonds. The largest absolute Gasteiger partial charge is 0.415 e. The van der Waals surface area contributed by atoms with Crippen molar-refractivity contribution < 1.29 is 8.85 Å². The van der Waals surface area contributed by atoms with Crippen LogP contribution in [0.2, 0.25) is 89.6 Å². The highest BCUT2D eigenvalue weighted by Gasteiger charge is 2.63. The molecule has 2 nitrogen and oxygen atoms in total. The third-order valence-electron chi connectivity index (χ3n) is 10.5. The Morgan fingerprint density at radius 2 is 0.879 bits per heavy atom. The number of unbranched alkanes of at least 4 members (excludes halogenated alkanes) is 1. The van der Waals surface area contributed by atoms with E-state index < -0.39 is 45.1 Å². The average molecular weight is 563 g/mol. The molecule has 0 aromatic carbocycles. The molecule has 2 atom stereocenters. The maximum Gasteiger partial charge on any atom is 0.174 e. The standard InChI is InChI=1S/C13H32OSi3.C12H30OSi3/c1-9-10-11-17(8)14-13(2,3)12-15(4,5)16(17,6)7;1-9-10-16(8)13-12(2,3)11-14(4,5)15(16,6)7/h9-12H2,1-8H3;9-11H2,1-8H3. The van der Waals surface area contributed by atoms with Gasteiger partial charge >= 0.3 is 0 Å². The average Bonchev–Trinajstić information content (AvgIpc) is 2.55. The summed E-state index contributed by atoms with van der Waals surface area (Å²) in [6.07, 6.45) is 4.00. The summed E-state index contributed by atoms with van der Waals surface area (Å²) >= 11 is 0. The lowest BCUT2D eigenvalue weighted by molar-refractivity contribution is 0.119. The van der Waals surface area contributed by atoms with E-state index in [9.17, 15) is 0 Å². The second kappa shape index (κ2) is 10.2. The molecule has 0 aliphatic carbocycles. The van der Waals surface area contributed by atoms with Crippen molar-refractivity contribution >= 4 is 45.1 Å². The Bertz CT molecular complexity index is 674. The van der Waals surface area contributed by atoms with Crippen LogP contribution in [0, 0.1) is 0 Å². The minimum Gasteiger partial charge on any atom is -0.415 e. The fourth-order valence-corrected chi connectivity index (χ4v) is 74.8. The maximum absolute atomic E-state index is 6.75. The Kier molecular flexibility index (Phi) is 9.94. The van der Waals surface area contributed by atoms with E-state index in [4.69, 9.17) is 8.85 Å². The highest BCUT2D eigenvalue weighted by molar-refractivity contribution is 7.68. The lowest BCUT2D eigenvalue weighted by atomic mass is 10.2. The summed E-state index contributed by atoms with van der Waals surface area (Å²) in [5, 5.41) is 0. The summed E-state index contributed by atoms with van der Waals surface area (Å²) in [6, 6.07) is 5.52. The summed E-state index contributed by atoms with van der Waals surface area (Å²) < 4.78 is 13.4. The zero-order valence-electron chi connectivity index (χ0n) is 25.8. The quantitative estimate of drug-likeness (QED) is 0.311. The molecule has 0 N–H and O–H groups in total. The Morgan fingerprint density at radius 3 is 1.18 bits per heavy atom. The molecule has 2 fully saturated rings. The molecule has 2 rings (SSSR count). The van der Waals surface area contributed by atoms with Gasteiger partial charge in [-0.25, -0.2) is 0 Å². The van der Waals surface area contributed by atoms with Crippen molar-refractivity contribution in [3.8, 4) is 0 Å². The molecule has 2 aliphatic heterocycles. The molecule has 0 bridgehead atoms. The number of hydrogen-bond acceptors (Lipinski definition) is 2. The van der Waals surface area contributed by atoms with Crippen molar-refractivity contribution in [1.29, 1.82) is 0 Å². The molecule has 2 unspecified atom stereocenters. The van der Waals surface area contributed by atoms with E-state index in [1.807, 2.05) is 0 Å². The predicted octanol–water partition coefficient (Wildman–Crippen LogP) is 9.10. The van der Waals surface area contributed by atoms with Gasteiger partial charge in [0.15, 0.2) is 15.7 Å². The predicted molar refractivity (Wildman–Crippen MR) is 168 cm³/mol. The van der Waals surface area contributed by atoms with Crippen LogP contribution in [0.4, 0.5) is 0 Å². The molecule has 8 heteroatoms. The van der Waals surface area contributed by atoms with Gasteiger partial charge in [0, 0.05) is 26.4 Å². The van der Waals surface area contributed by atoms with E-state index in [0.717, 1.165) is 0 Å². The Balaban J connectivity index is 0.000000331. The first-order valence-electron chi connectivity index (χ1n) is 13.9. The maximum atomic E-state index is 6.75. The van der Waals surface area contributed by atoms with E-state index in [2.05, 4.69) is 107 Å². The molecule has 198 valence electrons. The fourth-order valence-electron chi connectivity index (χ4n) is 7.27. The Labute approximate surface area is 214 Å². The van der Waals surface area contributed by atoms with Crippen molar-refractivity contribution in [1.82, 2.24) is 0 Å². The van der Waals surface area contributed by atoms with Gasteiger partial charge in [-0.1, -0.05) is 85.5 Å². The molecule has 0 aromatic heterocycles. The summed E-state index contributed by atoms with van der Waals surface area (Å²) in [5.74, 6) is 0. The van der Waals surface area contributed by atoms with Gasteiger partial charge < -0.3 is 8.85 Å². The molecule has 0 aromatic rings. The number of hydrogen-bond donors (Lipinski definition) is 0. The number of rotatable bonds is 5. The van der Waals surface area contributed by atoms with Crippen molar-refractivity contribution in [2.75, 3.05) is 0 Å². The van der Waals surface area contributed by atoms with Gasteiger partial charge in [-0.15, -0.1) is 0 Å². The minimum absolute atomic E-state index is 0.160. The first-order valence-corrected chi connectivity index (χ1v) is 35.5. The van der Waals surface area contributed by atoms with Gasteiger partial charge in [0.1, 0.15) is 0 Å². The van der Waals surface area contributed by atoms with Crippen LogP contribution in [0.3, 0.4) is 0 Å². The first kappa shape index (κ1) is 32.3. The molecular weight excluding hydrogens is 501 g/mol. The van der Waals surface area contributed by atoms with Crippen LogP contribution < -0.4 is 0 Å². The van der Waals surface area contributed by atoms with Crippen LogP contribution in [-0.4, -0.2) is 56.3 Å². The van der Waals surface area contributed by atoms with Crippen LogP contribution in [-0.2, 0) is 8.85 Å². The van der Waals surface area contributed by atoms with Crippen LogP contribution in [0.1, 0.15) is 60.8 Å². The molecule has 33 heavy (non-hydrogen) atoms. The van der Waals surface area contributed by atoms with Crippen molar-refractivity contribution in [2.24, 2.45) is 0 Å². The molecule has 2 saturated heterocycles. The van der Waals surface area contributed by atoms with Crippen LogP contribution >= 0.6 is 0 Å². The minimum atomic E-state index is -1.46. The van der Waals surface area contributed by atoms with E-state index >= 15 is 0 Å². The SMILES string of the molecule is CCCC[Si]1(C)OC(C)(C)C[Si](C)(C)[Si]1(C)C.CCC[Si]1(C)OC(C)(C)C[Si](C)(C)[Si]1(C)C. The molecule has 0 saturated carbocycles. The normalized spacial score (nSPS) is 35.3. The van der Waals surface area contributed by atoms with E-state index in [-0.39, 0.29) is 11.2 Å². The van der Waals surface area contributed by atoms with Gasteiger partial charge in [0.25, 0.3) is 0 Å². The Hall–Kier alpha value is 1.22. The zero-order valence-corrected chi connectivity index (χ0v) is 31.8. The van der Waals surface area contributed by atoms with Crippen molar-refractivity contribution in [2.45, 2.75) is 162 Å². The van der Waals surface area contributed by atoms with Crippen LogP contribution in [0.25, 0.3) is 0 Å². The van der Waals surface area contributed by atoms with Crippen molar-refractivity contribution in [3.05, 3.63) is 0 Å². The van der Waals surface area contributed by atoms with E-state index in [1.54, 1.807) is 0 Å². The fraction of sp³-hybridized carbons (Fsp3) is 1.00. The lowest BCUT2D eigenvalue weighted by Crippen LogP contribution is -2.78. The van der Waals surface area contributed by atoms with Gasteiger partial charge in [0.05, 0.1) is 14.2 Å². The highest BCUT2D eigenvalue weighted by Crippen LogP contribution is 2.47. The Morgan fingerprint density at radius 1 is 0.545 bits per heavy atom. The second-order valence-corrected chi connectivity index (χ2v) is 69.0. The topological polar surface area (TPSA) is 18.5 Å². The molecule has 0 spiro atoms. The van der Waals surface area contributed by atoms with Gasteiger partial charge in [-0.3, -0.25) is 0 Å². The van der Waals surface area contributed by atoms with Gasteiger partial charge in [-0.2, -0.15) is 0 Å². The lowest BCUT2D eigenvalue weighted by Gasteiger charge is -2.59. The summed E-state index contributed by atoms with van der Waals surface area (Å²) in [6.45, 7) is 40.2. The smallest absolute Gasteiger partial charge is 0.174 e. The molecule has 2 heterocycles. The van der Waals surface area contributed by atoms with E-state index in [0.29, 0.717) is 0 Å². The molecule has 2 aliphatic rings. The third kappa shape index (κ3) is 6.57. The van der Waals surface area contributed by atoms with Crippen LogP contribution in [0.5, 0.6) is 0 Å².